The highest BCUT2D eigenvalue weighted by Gasteiger charge is 1.91. The zero-order valence-electron chi connectivity index (χ0n) is 6.06. The van der Waals surface area contributed by atoms with Crippen LogP contribution in [0.25, 0.3) is 0 Å². The molecule has 0 N–H and O–H groups in total. The number of nitrogens with zero attached hydrogens (tertiary/aromatic N) is 1. The fraction of sp³-hybridized carbons (Fsp3) is 1.00. The molecule has 0 amide bonds. The molecule has 0 saturated heterocycles. The fourth-order valence-electron chi connectivity index (χ4n) is 0.529. The lowest BCUT2D eigenvalue weighted by Crippen LogP contribution is -2.10. The molecule has 2 nitrogen and oxygen atoms in total. The molecular formula is C6H14FNO. The second-order valence-electron chi connectivity index (χ2n) is 1.88. The predicted octanol–water partition coefficient (Wildman–Crippen LogP) is 1.23. The monoisotopic (exact) mass is 135 g/mol. The Bertz CT molecular complexity index is 59.0. The Hall–Kier alpha value is -0.150. The van der Waals surface area contributed by atoms with Gasteiger partial charge < -0.3 is 4.74 Å². The van der Waals surface area contributed by atoms with E-state index in [9.17, 15) is 4.48 Å². The van der Waals surface area contributed by atoms with Crippen LogP contribution in [0.5, 0.6) is 0 Å². The van der Waals surface area contributed by atoms with Crippen molar-refractivity contribution in [3.05, 3.63) is 0 Å². The van der Waals surface area contributed by atoms with Crippen molar-refractivity contribution in [3.63, 3.8) is 0 Å². The van der Waals surface area contributed by atoms with Gasteiger partial charge in [0.25, 0.3) is 0 Å². The van der Waals surface area contributed by atoms with Gasteiger partial charge in [-0.05, 0) is 13.3 Å². The summed E-state index contributed by atoms with van der Waals surface area (Å²) in [7, 11) is 1.41. The van der Waals surface area contributed by atoms with E-state index in [0.29, 0.717) is 18.3 Å². The maximum Gasteiger partial charge on any atom is 0.0479 e. The Morgan fingerprint density at radius 2 is 2.22 bits per heavy atom. The lowest BCUT2D eigenvalue weighted by molar-refractivity contribution is 0.0441. The number of halogens is 1. The van der Waals surface area contributed by atoms with E-state index in [4.69, 9.17) is 4.74 Å². The summed E-state index contributed by atoms with van der Waals surface area (Å²) in [6.45, 7) is 3.76. The largest absolute Gasteiger partial charge is 0.382 e. The molecule has 0 aliphatic rings. The van der Waals surface area contributed by atoms with Gasteiger partial charge in [-0.3, -0.25) is 0 Å². The van der Waals surface area contributed by atoms with Gasteiger partial charge in [0, 0.05) is 26.8 Å². The predicted molar refractivity (Wildman–Crippen MR) is 34.8 cm³/mol. The third-order valence-corrected chi connectivity index (χ3v) is 0.959. The summed E-state index contributed by atoms with van der Waals surface area (Å²) in [6, 6.07) is 0. The van der Waals surface area contributed by atoms with Crippen molar-refractivity contribution in [1.29, 1.82) is 0 Å². The van der Waals surface area contributed by atoms with Crippen molar-refractivity contribution in [2.24, 2.45) is 0 Å². The summed E-state index contributed by atoms with van der Waals surface area (Å²) >= 11 is 0. The minimum Gasteiger partial charge on any atom is -0.382 e. The molecule has 0 rings (SSSR count). The van der Waals surface area contributed by atoms with Crippen molar-refractivity contribution >= 4 is 0 Å². The van der Waals surface area contributed by atoms with Gasteiger partial charge in [-0.25, -0.2) is 0 Å². The normalized spacial score (nSPS) is 10.7. The van der Waals surface area contributed by atoms with Gasteiger partial charge in [0.1, 0.15) is 0 Å². The average Bonchev–Trinajstić information content (AvgIpc) is 1.80. The van der Waals surface area contributed by atoms with Gasteiger partial charge in [-0.1, -0.05) is 0 Å². The minimum atomic E-state index is 0.458. The van der Waals surface area contributed by atoms with E-state index in [-0.39, 0.29) is 0 Å². The van der Waals surface area contributed by atoms with Crippen molar-refractivity contribution in [2.45, 2.75) is 13.3 Å². The standard InChI is InChI=1S/C6H14FNO/c1-3-9-6-4-5-8(2)7/h3-6H2,1-2H3. The van der Waals surface area contributed by atoms with Crippen LogP contribution >= 0.6 is 0 Å². The Morgan fingerprint density at radius 3 is 2.67 bits per heavy atom. The molecule has 0 aromatic heterocycles. The molecule has 0 heterocycles. The first-order valence-corrected chi connectivity index (χ1v) is 3.22. The molecule has 0 aromatic rings. The van der Waals surface area contributed by atoms with Crippen LogP contribution in [-0.4, -0.2) is 31.9 Å². The number of hydrogen-bond donors (Lipinski definition) is 0. The van der Waals surface area contributed by atoms with Crippen molar-refractivity contribution in [2.75, 3.05) is 26.8 Å². The highest BCUT2D eigenvalue weighted by molar-refractivity contribution is 4.37. The van der Waals surface area contributed by atoms with Crippen LogP contribution in [0.3, 0.4) is 0 Å². The van der Waals surface area contributed by atoms with E-state index in [2.05, 4.69) is 0 Å². The summed E-state index contributed by atoms with van der Waals surface area (Å²) in [5, 5.41) is 0.666. The van der Waals surface area contributed by atoms with Crippen molar-refractivity contribution < 1.29 is 9.22 Å². The van der Waals surface area contributed by atoms with Crippen molar-refractivity contribution in [3.8, 4) is 0 Å². The van der Waals surface area contributed by atoms with E-state index in [1.807, 2.05) is 6.92 Å². The summed E-state index contributed by atoms with van der Waals surface area (Å²) in [5.74, 6) is 0. The molecule has 3 heteroatoms. The topological polar surface area (TPSA) is 12.5 Å². The maximum atomic E-state index is 11.9. The molecule has 0 saturated carbocycles. The lowest BCUT2D eigenvalue weighted by Gasteiger charge is -2.03. The smallest absolute Gasteiger partial charge is 0.0479 e. The van der Waals surface area contributed by atoms with E-state index < -0.39 is 0 Å². The molecule has 0 radical (unpaired) electrons. The highest BCUT2D eigenvalue weighted by Crippen LogP contribution is 1.87. The molecule has 0 atom stereocenters. The van der Waals surface area contributed by atoms with Crippen LogP contribution in [0.2, 0.25) is 0 Å². The van der Waals surface area contributed by atoms with Crippen LogP contribution in [0.4, 0.5) is 4.48 Å². The first kappa shape index (κ1) is 8.85. The summed E-state index contributed by atoms with van der Waals surface area (Å²) in [4.78, 5) is 0. The molecule has 0 bridgehead atoms. The van der Waals surface area contributed by atoms with Gasteiger partial charge in [-0.2, -0.15) is 0 Å². The molecule has 0 aliphatic carbocycles. The molecule has 0 unspecified atom stereocenters. The first-order chi connectivity index (χ1) is 4.27. The molecule has 0 aromatic carbocycles. The summed E-state index contributed by atoms with van der Waals surface area (Å²) in [5.41, 5.74) is 0. The Balaban J connectivity index is 2.75. The van der Waals surface area contributed by atoms with Gasteiger partial charge in [-0.15, -0.1) is 9.60 Å². The SMILES string of the molecule is CCOCCCN(C)F. The maximum absolute atomic E-state index is 11.9. The first-order valence-electron chi connectivity index (χ1n) is 3.22. The van der Waals surface area contributed by atoms with E-state index in [1.54, 1.807) is 0 Å². The van der Waals surface area contributed by atoms with Gasteiger partial charge in [0.05, 0.1) is 0 Å². The third-order valence-electron chi connectivity index (χ3n) is 0.959. The summed E-state index contributed by atoms with van der Waals surface area (Å²) in [6.07, 6.45) is 0.765. The number of rotatable bonds is 5. The molecule has 0 spiro atoms. The van der Waals surface area contributed by atoms with Gasteiger partial charge >= 0.3 is 0 Å². The van der Waals surface area contributed by atoms with Crippen LogP contribution < -0.4 is 0 Å². The Morgan fingerprint density at radius 1 is 1.56 bits per heavy atom. The van der Waals surface area contributed by atoms with Gasteiger partial charge in [0.15, 0.2) is 0 Å². The molecule has 56 valence electrons. The van der Waals surface area contributed by atoms with Gasteiger partial charge in [0.2, 0.25) is 0 Å². The molecule has 9 heavy (non-hydrogen) atoms. The molecule has 0 fully saturated rings. The quantitative estimate of drug-likeness (QED) is 0.415. The minimum absolute atomic E-state index is 0.458. The van der Waals surface area contributed by atoms with E-state index in [1.165, 1.54) is 7.05 Å². The van der Waals surface area contributed by atoms with E-state index >= 15 is 0 Å². The van der Waals surface area contributed by atoms with E-state index in [0.717, 1.165) is 13.0 Å². The zero-order chi connectivity index (χ0) is 7.11. The van der Waals surface area contributed by atoms with Crippen LogP contribution in [-0.2, 0) is 4.74 Å². The zero-order valence-corrected chi connectivity index (χ0v) is 6.06. The number of hydrogen-bond acceptors (Lipinski definition) is 2. The second kappa shape index (κ2) is 5.98. The van der Waals surface area contributed by atoms with Crippen LogP contribution in [0, 0.1) is 0 Å². The fourth-order valence-corrected chi connectivity index (χ4v) is 0.529. The Kier molecular flexibility index (Phi) is 5.88. The molecular weight excluding hydrogens is 121 g/mol. The second-order valence-corrected chi connectivity index (χ2v) is 1.88. The van der Waals surface area contributed by atoms with Crippen LogP contribution in [0.15, 0.2) is 0 Å². The molecule has 0 aliphatic heterocycles. The average molecular weight is 135 g/mol. The Labute approximate surface area is 55.5 Å². The summed E-state index contributed by atoms with van der Waals surface area (Å²) < 4.78 is 16.9. The third kappa shape index (κ3) is 7.85. The van der Waals surface area contributed by atoms with Crippen LogP contribution in [0.1, 0.15) is 13.3 Å². The number of ether oxygens (including phenoxy) is 1. The van der Waals surface area contributed by atoms with Crippen molar-refractivity contribution in [1.82, 2.24) is 5.12 Å². The lowest BCUT2D eigenvalue weighted by atomic mass is 10.4. The highest BCUT2D eigenvalue weighted by atomic mass is 19.2.